The fourth-order valence-corrected chi connectivity index (χ4v) is 1.73. The van der Waals surface area contributed by atoms with Gasteiger partial charge in [0, 0.05) is 5.69 Å². The van der Waals surface area contributed by atoms with Gasteiger partial charge < -0.3 is 10.1 Å². The Hall–Kier alpha value is -3.12. The Labute approximate surface area is 122 Å². The van der Waals surface area contributed by atoms with E-state index in [1.165, 1.54) is 0 Å². The molecule has 21 heavy (non-hydrogen) atoms. The molecule has 2 aromatic rings. The third kappa shape index (κ3) is 3.26. The minimum atomic E-state index is 0.0107. The molecule has 0 spiro atoms. The Morgan fingerprint density at radius 2 is 1.71 bits per heavy atom. The molecule has 104 valence electrons. The van der Waals surface area contributed by atoms with Crippen molar-refractivity contribution < 1.29 is 4.74 Å². The van der Waals surface area contributed by atoms with Gasteiger partial charge in [-0.3, -0.25) is 0 Å². The molecule has 1 heterocycles. The predicted molar refractivity (Wildman–Crippen MR) is 77.1 cm³/mol. The van der Waals surface area contributed by atoms with Crippen LogP contribution in [0.15, 0.2) is 24.3 Å². The normalized spacial score (nSPS) is 9.52. The number of ether oxygens (including phenoxy) is 1. The lowest BCUT2D eigenvalue weighted by molar-refractivity contribution is 0.340. The molecule has 0 aliphatic rings. The van der Waals surface area contributed by atoms with E-state index in [-0.39, 0.29) is 11.4 Å². The SMILES string of the molecule is CCOc1ccc(Nc2nc(C#N)c(C#N)nc2C)cc1. The van der Waals surface area contributed by atoms with Gasteiger partial charge >= 0.3 is 0 Å². The summed E-state index contributed by atoms with van der Waals surface area (Å²) in [5, 5.41) is 21.0. The highest BCUT2D eigenvalue weighted by molar-refractivity contribution is 5.60. The third-order valence-corrected chi connectivity index (χ3v) is 2.71. The van der Waals surface area contributed by atoms with Crippen LogP contribution in [0.3, 0.4) is 0 Å². The molecule has 0 saturated heterocycles. The summed E-state index contributed by atoms with van der Waals surface area (Å²) in [5.74, 6) is 1.23. The maximum absolute atomic E-state index is 8.98. The van der Waals surface area contributed by atoms with Gasteiger partial charge in [0.25, 0.3) is 0 Å². The average Bonchev–Trinajstić information content (AvgIpc) is 2.51. The van der Waals surface area contributed by atoms with Crippen molar-refractivity contribution in [3.05, 3.63) is 41.3 Å². The van der Waals surface area contributed by atoms with Gasteiger partial charge in [-0.25, -0.2) is 9.97 Å². The van der Waals surface area contributed by atoms with E-state index >= 15 is 0 Å². The number of hydrogen-bond donors (Lipinski definition) is 1. The van der Waals surface area contributed by atoms with Crippen LogP contribution in [-0.2, 0) is 0 Å². The second kappa shape index (κ2) is 6.36. The van der Waals surface area contributed by atoms with Crippen LogP contribution < -0.4 is 10.1 Å². The zero-order chi connectivity index (χ0) is 15.2. The van der Waals surface area contributed by atoms with Gasteiger partial charge in [0.15, 0.2) is 17.2 Å². The molecule has 0 bridgehead atoms. The van der Waals surface area contributed by atoms with Crippen LogP contribution in [0.1, 0.15) is 24.0 Å². The van der Waals surface area contributed by atoms with Crippen molar-refractivity contribution in [3.8, 4) is 17.9 Å². The van der Waals surface area contributed by atoms with Crippen molar-refractivity contribution in [1.82, 2.24) is 9.97 Å². The smallest absolute Gasteiger partial charge is 0.179 e. The van der Waals surface area contributed by atoms with E-state index in [1.54, 1.807) is 6.92 Å². The Morgan fingerprint density at radius 3 is 2.29 bits per heavy atom. The molecule has 0 atom stereocenters. The molecule has 0 radical (unpaired) electrons. The van der Waals surface area contributed by atoms with Crippen molar-refractivity contribution in [1.29, 1.82) is 10.5 Å². The van der Waals surface area contributed by atoms with Gasteiger partial charge in [0.1, 0.15) is 17.9 Å². The summed E-state index contributed by atoms with van der Waals surface area (Å²) in [5.41, 5.74) is 1.40. The second-order valence-electron chi connectivity index (χ2n) is 4.16. The average molecular weight is 279 g/mol. The van der Waals surface area contributed by atoms with E-state index in [0.29, 0.717) is 18.1 Å². The molecule has 6 nitrogen and oxygen atoms in total. The molecule has 0 fully saturated rings. The number of benzene rings is 1. The Balaban J connectivity index is 2.27. The molecule has 0 aliphatic carbocycles. The van der Waals surface area contributed by atoms with Gasteiger partial charge in [0.2, 0.25) is 0 Å². The quantitative estimate of drug-likeness (QED) is 0.924. The van der Waals surface area contributed by atoms with Crippen molar-refractivity contribution in [2.24, 2.45) is 0 Å². The van der Waals surface area contributed by atoms with Crippen LogP contribution in [0, 0.1) is 29.6 Å². The zero-order valence-corrected chi connectivity index (χ0v) is 11.7. The Bertz CT molecular complexity index is 725. The maximum atomic E-state index is 8.98. The molecule has 0 aliphatic heterocycles. The number of anilines is 2. The van der Waals surface area contributed by atoms with Crippen LogP contribution in [0.25, 0.3) is 0 Å². The highest BCUT2D eigenvalue weighted by Gasteiger charge is 2.10. The fourth-order valence-electron chi connectivity index (χ4n) is 1.73. The van der Waals surface area contributed by atoms with E-state index < -0.39 is 0 Å². The zero-order valence-electron chi connectivity index (χ0n) is 11.7. The first kappa shape index (κ1) is 14.3. The Kier molecular flexibility index (Phi) is 4.33. The molecule has 6 heteroatoms. The molecule has 1 N–H and O–H groups in total. The standard InChI is InChI=1S/C15H13N5O/c1-3-21-12-6-4-11(5-7-12)19-15-10(2)18-13(8-16)14(9-17)20-15/h4-7H,3H2,1-2H3,(H,19,20). The van der Waals surface area contributed by atoms with Gasteiger partial charge in [0.05, 0.1) is 12.3 Å². The monoisotopic (exact) mass is 279 g/mol. The van der Waals surface area contributed by atoms with E-state index in [9.17, 15) is 0 Å². The summed E-state index contributed by atoms with van der Waals surface area (Å²) < 4.78 is 5.37. The maximum Gasteiger partial charge on any atom is 0.179 e. The first-order chi connectivity index (χ1) is 10.2. The minimum Gasteiger partial charge on any atom is -0.494 e. The van der Waals surface area contributed by atoms with Crippen LogP contribution in [0.2, 0.25) is 0 Å². The molecular formula is C15H13N5O. The van der Waals surface area contributed by atoms with Crippen molar-refractivity contribution in [2.75, 3.05) is 11.9 Å². The number of nitrogens with one attached hydrogen (secondary N) is 1. The van der Waals surface area contributed by atoms with Crippen LogP contribution in [-0.4, -0.2) is 16.6 Å². The number of rotatable bonds is 4. The van der Waals surface area contributed by atoms with E-state index in [4.69, 9.17) is 15.3 Å². The number of nitriles is 2. The summed E-state index contributed by atoms with van der Waals surface area (Å²) in [4.78, 5) is 8.20. The van der Waals surface area contributed by atoms with Gasteiger partial charge in [-0.15, -0.1) is 0 Å². The highest BCUT2D eigenvalue weighted by atomic mass is 16.5. The van der Waals surface area contributed by atoms with E-state index in [1.807, 2.05) is 43.3 Å². The first-order valence-corrected chi connectivity index (χ1v) is 6.36. The van der Waals surface area contributed by atoms with Crippen LogP contribution in [0.5, 0.6) is 5.75 Å². The van der Waals surface area contributed by atoms with Crippen molar-refractivity contribution in [3.63, 3.8) is 0 Å². The molecule has 2 rings (SSSR count). The predicted octanol–water partition coefficient (Wildman–Crippen LogP) is 2.67. The summed E-state index contributed by atoms with van der Waals surface area (Å²) in [6, 6.07) is 11.1. The summed E-state index contributed by atoms with van der Waals surface area (Å²) in [6.07, 6.45) is 0. The van der Waals surface area contributed by atoms with Gasteiger partial charge in [-0.2, -0.15) is 10.5 Å². The van der Waals surface area contributed by atoms with E-state index in [2.05, 4.69) is 15.3 Å². The topological polar surface area (TPSA) is 94.6 Å². The third-order valence-electron chi connectivity index (χ3n) is 2.71. The van der Waals surface area contributed by atoms with Crippen LogP contribution in [0.4, 0.5) is 11.5 Å². The lowest BCUT2D eigenvalue weighted by Gasteiger charge is -2.09. The number of hydrogen-bond acceptors (Lipinski definition) is 6. The Morgan fingerprint density at radius 1 is 1.10 bits per heavy atom. The molecular weight excluding hydrogens is 266 g/mol. The minimum absolute atomic E-state index is 0.0107. The fraction of sp³-hybridized carbons (Fsp3) is 0.200. The van der Waals surface area contributed by atoms with Crippen molar-refractivity contribution >= 4 is 11.5 Å². The molecule has 0 saturated carbocycles. The highest BCUT2D eigenvalue weighted by Crippen LogP contribution is 2.21. The van der Waals surface area contributed by atoms with E-state index in [0.717, 1.165) is 11.4 Å². The molecule has 1 aromatic heterocycles. The largest absolute Gasteiger partial charge is 0.494 e. The van der Waals surface area contributed by atoms with Gasteiger partial charge in [-0.1, -0.05) is 0 Å². The molecule has 1 aromatic carbocycles. The second-order valence-corrected chi connectivity index (χ2v) is 4.16. The number of aryl methyl sites for hydroxylation is 1. The first-order valence-electron chi connectivity index (χ1n) is 6.36. The molecule has 0 unspecified atom stereocenters. The summed E-state index contributed by atoms with van der Waals surface area (Å²) >= 11 is 0. The lowest BCUT2D eigenvalue weighted by Crippen LogP contribution is -2.04. The van der Waals surface area contributed by atoms with Crippen LogP contribution >= 0.6 is 0 Å². The molecule has 0 amide bonds. The lowest BCUT2D eigenvalue weighted by atomic mass is 10.2. The number of aromatic nitrogens is 2. The van der Waals surface area contributed by atoms with Gasteiger partial charge in [-0.05, 0) is 38.1 Å². The number of nitrogens with zero attached hydrogens (tertiary/aromatic N) is 4. The summed E-state index contributed by atoms with van der Waals surface area (Å²) in [6.45, 7) is 4.26. The summed E-state index contributed by atoms with van der Waals surface area (Å²) in [7, 11) is 0. The van der Waals surface area contributed by atoms with Crippen molar-refractivity contribution in [2.45, 2.75) is 13.8 Å².